The van der Waals surface area contributed by atoms with E-state index < -0.39 is 0 Å². The lowest BCUT2D eigenvalue weighted by molar-refractivity contribution is -0.127. The molecule has 1 aromatic rings. The molecule has 0 bridgehead atoms. The maximum atomic E-state index is 11.7. The molecule has 0 radical (unpaired) electrons. The van der Waals surface area contributed by atoms with E-state index in [1.165, 1.54) is 4.90 Å². The van der Waals surface area contributed by atoms with Crippen molar-refractivity contribution in [1.82, 2.24) is 4.90 Å². The molecule has 1 amide bonds. The predicted molar refractivity (Wildman–Crippen MR) is 72.2 cm³/mol. The van der Waals surface area contributed by atoms with Crippen molar-refractivity contribution in [3.8, 4) is 6.07 Å². The Hall–Kier alpha value is -2.22. The van der Waals surface area contributed by atoms with Crippen LogP contribution in [0.5, 0.6) is 0 Å². The Bertz CT molecular complexity index is 476. The van der Waals surface area contributed by atoms with Gasteiger partial charge in [0.2, 0.25) is 5.91 Å². The van der Waals surface area contributed by atoms with Crippen LogP contribution >= 0.6 is 0 Å². The van der Waals surface area contributed by atoms with Crippen LogP contribution in [0.25, 0.3) is 0 Å². The number of amides is 1. The van der Waals surface area contributed by atoms with Crippen LogP contribution in [0.4, 0.5) is 11.4 Å². The Morgan fingerprint density at radius 1 is 1.44 bits per heavy atom. The van der Waals surface area contributed by atoms with Gasteiger partial charge in [-0.15, -0.1) is 0 Å². The van der Waals surface area contributed by atoms with Gasteiger partial charge in [-0.05, 0) is 25.1 Å². The summed E-state index contributed by atoms with van der Waals surface area (Å²) in [6.45, 7) is 2.85. The number of carbonyl (C=O) groups is 1. The minimum absolute atomic E-state index is 0.00225. The van der Waals surface area contributed by atoms with Crippen LogP contribution in [0, 0.1) is 11.3 Å². The molecule has 0 saturated heterocycles. The number of hydrogen-bond acceptors (Lipinski definition) is 4. The van der Waals surface area contributed by atoms with Crippen molar-refractivity contribution in [3.05, 3.63) is 23.8 Å². The number of anilines is 2. The third kappa shape index (κ3) is 3.14. The number of nitriles is 1. The quantitative estimate of drug-likeness (QED) is 0.806. The molecule has 0 aliphatic carbocycles. The molecule has 0 heterocycles. The average molecular weight is 246 g/mol. The van der Waals surface area contributed by atoms with E-state index in [0.29, 0.717) is 17.8 Å². The van der Waals surface area contributed by atoms with Gasteiger partial charge in [0.05, 0.1) is 17.8 Å². The summed E-state index contributed by atoms with van der Waals surface area (Å²) in [7, 11) is 3.43. The Morgan fingerprint density at radius 2 is 2.11 bits per heavy atom. The summed E-state index contributed by atoms with van der Waals surface area (Å²) in [6, 6.07) is 7.24. The van der Waals surface area contributed by atoms with Crippen LogP contribution in [0.3, 0.4) is 0 Å². The number of nitrogens with zero attached hydrogens (tertiary/aromatic N) is 3. The van der Waals surface area contributed by atoms with Gasteiger partial charge in [-0.1, -0.05) is 0 Å². The van der Waals surface area contributed by atoms with Gasteiger partial charge >= 0.3 is 0 Å². The summed E-state index contributed by atoms with van der Waals surface area (Å²) in [5, 5.41) is 9.10. The molecule has 2 N–H and O–H groups in total. The first-order valence-electron chi connectivity index (χ1n) is 5.74. The Labute approximate surface area is 107 Å². The molecule has 18 heavy (non-hydrogen) atoms. The number of benzene rings is 1. The highest BCUT2D eigenvalue weighted by Crippen LogP contribution is 2.22. The Balaban J connectivity index is 3.03. The van der Waals surface area contributed by atoms with Gasteiger partial charge in [-0.2, -0.15) is 5.26 Å². The second kappa shape index (κ2) is 5.92. The fourth-order valence-electron chi connectivity index (χ4n) is 1.59. The molecule has 1 aromatic carbocycles. The minimum atomic E-state index is -0.00225. The molecule has 96 valence electrons. The smallest absolute Gasteiger partial charge is 0.241 e. The standard InChI is InChI=1S/C13H18N4O/c1-4-17(9-13(18)16(2)3)12-6-5-11(15)7-10(12)8-14/h5-7H,4,9,15H2,1-3H3. The lowest BCUT2D eigenvalue weighted by Crippen LogP contribution is -2.36. The Morgan fingerprint density at radius 3 is 2.61 bits per heavy atom. The number of likely N-dealkylation sites (N-methyl/N-ethyl adjacent to an activating group) is 2. The van der Waals surface area contributed by atoms with Gasteiger partial charge in [0.25, 0.3) is 0 Å². The van der Waals surface area contributed by atoms with Gasteiger partial charge in [0.1, 0.15) is 6.07 Å². The third-order valence-electron chi connectivity index (χ3n) is 2.69. The highest BCUT2D eigenvalue weighted by molar-refractivity contribution is 5.82. The van der Waals surface area contributed by atoms with Crippen molar-refractivity contribution in [1.29, 1.82) is 5.26 Å². The van der Waals surface area contributed by atoms with Crippen molar-refractivity contribution >= 4 is 17.3 Å². The van der Waals surface area contributed by atoms with Crippen LogP contribution in [0.2, 0.25) is 0 Å². The highest BCUT2D eigenvalue weighted by Gasteiger charge is 2.14. The third-order valence-corrected chi connectivity index (χ3v) is 2.69. The first-order chi connectivity index (χ1) is 8.49. The van der Waals surface area contributed by atoms with E-state index in [0.717, 1.165) is 5.69 Å². The SMILES string of the molecule is CCN(CC(=O)N(C)C)c1ccc(N)cc1C#N. The first kappa shape index (κ1) is 13.8. The summed E-state index contributed by atoms with van der Waals surface area (Å²) in [6.07, 6.45) is 0. The normalized spacial score (nSPS) is 9.67. The summed E-state index contributed by atoms with van der Waals surface area (Å²) >= 11 is 0. The maximum Gasteiger partial charge on any atom is 0.241 e. The fraction of sp³-hybridized carbons (Fsp3) is 0.385. The predicted octanol–water partition coefficient (Wildman–Crippen LogP) is 1.05. The molecule has 0 spiro atoms. The van der Waals surface area contributed by atoms with Crippen LogP contribution in [0.1, 0.15) is 12.5 Å². The van der Waals surface area contributed by atoms with E-state index in [2.05, 4.69) is 6.07 Å². The monoisotopic (exact) mass is 246 g/mol. The zero-order valence-electron chi connectivity index (χ0n) is 11.0. The molecule has 0 saturated carbocycles. The second-order valence-corrected chi connectivity index (χ2v) is 4.19. The Kier molecular flexibility index (Phi) is 4.55. The van der Waals surface area contributed by atoms with Crippen molar-refractivity contribution in [3.63, 3.8) is 0 Å². The van der Waals surface area contributed by atoms with E-state index in [9.17, 15) is 4.79 Å². The van der Waals surface area contributed by atoms with E-state index in [1.54, 1.807) is 32.3 Å². The summed E-state index contributed by atoms with van der Waals surface area (Å²) in [5.41, 5.74) is 7.43. The highest BCUT2D eigenvalue weighted by atomic mass is 16.2. The van der Waals surface area contributed by atoms with Crippen molar-refractivity contribution < 1.29 is 4.79 Å². The van der Waals surface area contributed by atoms with Gasteiger partial charge in [-0.25, -0.2) is 0 Å². The van der Waals surface area contributed by atoms with Gasteiger partial charge < -0.3 is 15.5 Å². The second-order valence-electron chi connectivity index (χ2n) is 4.19. The number of nitrogens with two attached hydrogens (primary N) is 1. The van der Waals surface area contributed by atoms with Gasteiger partial charge in [-0.3, -0.25) is 4.79 Å². The number of carbonyl (C=O) groups excluding carboxylic acids is 1. The van der Waals surface area contributed by atoms with E-state index in [1.807, 2.05) is 11.8 Å². The summed E-state index contributed by atoms with van der Waals surface area (Å²) in [5.74, 6) is -0.00225. The average Bonchev–Trinajstić information content (AvgIpc) is 2.35. The fourth-order valence-corrected chi connectivity index (χ4v) is 1.59. The van der Waals surface area contributed by atoms with E-state index >= 15 is 0 Å². The number of hydrogen-bond donors (Lipinski definition) is 1. The van der Waals surface area contributed by atoms with Crippen LogP contribution in [-0.2, 0) is 4.79 Å². The molecular weight excluding hydrogens is 228 g/mol. The molecule has 5 heteroatoms. The first-order valence-corrected chi connectivity index (χ1v) is 5.74. The van der Waals surface area contributed by atoms with Crippen molar-refractivity contribution in [2.75, 3.05) is 37.8 Å². The van der Waals surface area contributed by atoms with Gasteiger partial charge in [0.15, 0.2) is 0 Å². The minimum Gasteiger partial charge on any atom is -0.399 e. The molecule has 0 aliphatic heterocycles. The zero-order valence-corrected chi connectivity index (χ0v) is 11.0. The van der Waals surface area contributed by atoms with Crippen molar-refractivity contribution in [2.24, 2.45) is 0 Å². The van der Waals surface area contributed by atoms with Crippen molar-refractivity contribution in [2.45, 2.75) is 6.92 Å². The molecule has 0 aromatic heterocycles. The largest absolute Gasteiger partial charge is 0.399 e. The number of rotatable bonds is 4. The molecule has 0 unspecified atom stereocenters. The van der Waals surface area contributed by atoms with E-state index in [4.69, 9.17) is 11.0 Å². The van der Waals surface area contributed by atoms with Gasteiger partial charge in [0, 0.05) is 26.3 Å². The zero-order chi connectivity index (χ0) is 13.7. The molecule has 0 atom stereocenters. The molecular formula is C13H18N4O. The summed E-state index contributed by atoms with van der Waals surface area (Å²) < 4.78 is 0. The molecule has 0 aliphatic rings. The molecule has 1 rings (SSSR count). The lowest BCUT2D eigenvalue weighted by Gasteiger charge is -2.25. The lowest BCUT2D eigenvalue weighted by atomic mass is 10.1. The number of nitrogen functional groups attached to an aromatic ring is 1. The summed E-state index contributed by atoms with van der Waals surface area (Å²) in [4.78, 5) is 15.1. The topological polar surface area (TPSA) is 73.4 Å². The van der Waals surface area contributed by atoms with E-state index in [-0.39, 0.29) is 12.5 Å². The van der Waals surface area contributed by atoms with Crippen LogP contribution < -0.4 is 10.6 Å². The molecule has 5 nitrogen and oxygen atoms in total. The van der Waals surface area contributed by atoms with Crippen LogP contribution in [-0.4, -0.2) is 38.0 Å². The molecule has 0 fully saturated rings. The maximum absolute atomic E-state index is 11.7. The van der Waals surface area contributed by atoms with Crippen LogP contribution in [0.15, 0.2) is 18.2 Å².